The van der Waals surface area contributed by atoms with E-state index in [1.165, 1.54) is 0 Å². The van der Waals surface area contributed by atoms with Crippen molar-refractivity contribution in [2.24, 2.45) is 5.41 Å². The van der Waals surface area contributed by atoms with E-state index in [9.17, 15) is 9.59 Å². The zero-order valence-electron chi connectivity index (χ0n) is 14.3. The first-order chi connectivity index (χ1) is 11.0. The molecule has 2 heterocycles. The maximum atomic E-state index is 12.9. The van der Waals surface area contributed by atoms with Gasteiger partial charge in [-0.2, -0.15) is 0 Å². The molecule has 1 aliphatic carbocycles. The second kappa shape index (κ2) is 6.40. The SMILES string of the molecule is CCCCN(C)C(=O)C1(C(=O)N2CCC3(CC2)OCCO3)CC1. The summed E-state index contributed by atoms with van der Waals surface area (Å²) in [6, 6.07) is 0. The van der Waals surface area contributed by atoms with Crippen molar-refractivity contribution in [1.82, 2.24) is 9.80 Å². The third kappa shape index (κ3) is 3.11. The molecule has 1 spiro atoms. The molecule has 3 fully saturated rings. The lowest BCUT2D eigenvalue weighted by Crippen LogP contribution is -2.52. The lowest BCUT2D eigenvalue weighted by Gasteiger charge is -2.39. The van der Waals surface area contributed by atoms with Crippen LogP contribution in [-0.4, -0.2) is 67.3 Å². The minimum absolute atomic E-state index is 0.00426. The summed E-state index contributed by atoms with van der Waals surface area (Å²) in [5, 5.41) is 0. The Morgan fingerprint density at radius 1 is 1.09 bits per heavy atom. The number of carbonyl (C=O) groups is 2. The van der Waals surface area contributed by atoms with Crippen LogP contribution in [0.4, 0.5) is 0 Å². The van der Waals surface area contributed by atoms with Crippen LogP contribution in [-0.2, 0) is 19.1 Å². The Morgan fingerprint density at radius 3 is 2.22 bits per heavy atom. The van der Waals surface area contributed by atoms with Gasteiger partial charge >= 0.3 is 0 Å². The van der Waals surface area contributed by atoms with Crippen molar-refractivity contribution in [2.75, 3.05) is 39.9 Å². The summed E-state index contributed by atoms with van der Waals surface area (Å²) < 4.78 is 11.4. The number of hydrogen-bond donors (Lipinski definition) is 0. The van der Waals surface area contributed by atoms with Crippen molar-refractivity contribution in [1.29, 1.82) is 0 Å². The Labute approximate surface area is 138 Å². The number of likely N-dealkylation sites (tertiary alicyclic amines) is 1. The van der Waals surface area contributed by atoms with Gasteiger partial charge in [0.05, 0.1) is 13.2 Å². The zero-order chi connectivity index (χ0) is 16.5. The number of amides is 2. The summed E-state index contributed by atoms with van der Waals surface area (Å²) >= 11 is 0. The molecule has 2 amide bonds. The average molecular weight is 324 g/mol. The van der Waals surface area contributed by atoms with Gasteiger partial charge in [0.2, 0.25) is 11.8 Å². The monoisotopic (exact) mass is 324 g/mol. The van der Waals surface area contributed by atoms with Gasteiger partial charge in [0.1, 0.15) is 5.41 Å². The number of hydrogen-bond acceptors (Lipinski definition) is 4. The van der Waals surface area contributed by atoms with Gasteiger partial charge in [-0.3, -0.25) is 9.59 Å². The molecule has 6 nitrogen and oxygen atoms in total. The molecule has 0 aromatic rings. The van der Waals surface area contributed by atoms with Crippen molar-refractivity contribution < 1.29 is 19.1 Å². The van der Waals surface area contributed by atoms with Gasteiger partial charge in [0.25, 0.3) is 0 Å². The normalized spacial score (nSPS) is 24.7. The maximum absolute atomic E-state index is 12.9. The highest BCUT2D eigenvalue weighted by Gasteiger charge is 2.59. The van der Waals surface area contributed by atoms with Gasteiger partial charge in [0, 0.05) is 39.5 Å². The Hall–Kier alpha value is -1.14. The molecule has 23 heavy (non-hydrogen) atoms. The third-order valence-corrected chi connectivity index (χ3v) is 5.39. The van der Waals surface area contributed by atoms with Crippen LogP contribution in [0.25, 0.3) is 0 Å². The molecular formula is C17H28N2O4. The van der Waals surface area contributed by atoms with Crippen molar-refractivity contribution in [3.63, 3.8) is 0 Å². The minimum Gasteiger partial charge on any atom is -0.347 e. The molecule has 0 N–H and O–H groups in total. The van der Waals surface area contributed by atoms with E-state index in [4.69, 9.17) is 9.47 Å². The van der Waals surface area contributed by atoms with Crippen LogP contribution in [0.5, 0.6) is 0 Å². The molecular weight excluding hydrogens is 296 g/mol. The van der Waals surface area contributed by atoms with E-state index >= 15 is 0 Å². The first-order valence-corrected chi connectivity index (χ1v) is 8.86. The van der Waals surface area contributed by atoms with Crippen LogP contribution in [0.2, 0.25) is 0 Å². The highest BCUT2D eigenvalue weighted by molar-refractivity contribution is 6.07. The van der Waals surface area contributed by atoms with E-state index in [-0.39, 0.29) is 11.8 Å². The van der Waals surface area contributed by atoms with Crippen LogP contribution in [0.1, 0.15) is 45.4 Å². The summed E-state index contributed by atoms with van der Waals surface area (Å²) in [6.45, 7) is 5.35. The molecule has 1 saturated carbocycles. The zero-order valence-corrected chi connectivity index (χ0v) is 14.3. The molecule has 130 valence electrons. The molecule has 0 radical (unpaired) electrons. The predicted octanol–water partition coefficient (Wildman–Crippen LogP) is 1.39. The lowest BCUT2D eigenvalue weighted by atomic mass is 9.98. The molecule has 2 aliphatic heterocycles. The Morgan fingerprint density at radius 2 is 1.70 bits per heavy atom. The fourth-order valence-corrected chi connectivity index (χ4v) is 3.65. The summed E-state index contributed by atoms with van der Waals surface area (Å²) in [5.74, 6) is -0.460. The Balaban J connectivity index is 1.58. The molecule has 0 aromatic heterocycles. The number of unbranched alkanes of at least 4 members (excludes halogenated alkanes) is 1. The fraction of sp³-hybridized carbons (Fsp3) is 0.882. The molecule has 6 heteroatoms. The molecule has 3 aliphatic rings. The van der Waals surface area contributed by atoms with E-state index < -0.39 is 11.2 Å². The molecule has 0 atom stereocenters. The van der Waals surface area contributed by atoms with E-state index in [1.807, 2.05) is 11.9 Å². The summed E-state index contributed by atoms with van der Waals surface area (Å²) in [7, 11) is 1.82. The summed E-state index contributed by atoms with van der Waals surface area (Å²) in [4.78, 5) is 29.2. The van der Waals surface area contributed by atoms with E-state index in [1.54, 1.807) is 4.90 Å². The van der Waals surface area contributed by atoms with E-state index in [0.717, 1.165) is 19.4 Å². The predicted molar refractivity (Wildman–Crippen MR) is 84.7 cm³/mol. The Bertz CT molecular complexity index is 459. The quantitative estimate of drug-likeness (QED) is 0.717. The van der Waals surface area contributed by atoms with Crippen LogP contribution < -0.4 is 0 Å². The van der Waals surface area contributed by atoms with Gasteiger partial charge in [-0.25, -0.2) is 0 Å². The largest absolute Gasteiger partial charge is 0.347 e. The smallest absolute Gasteiger partial charge is 0.238 e. The van der Waals surface area contributed by atoms with Crippen molar-refractivity contribution in [2.45, 2.75) is 51.2 Å². The van der Waals surface area contributed by atoms with Crippen LogP contribution in [0.15, 0.2) is 0 Å². The van der Waals surface area contributed by atoms with E-state index in [2.05, 4.69) is 6.92 Å². The van der Waals surface area contributed by atoms with Gasteiger partial charge in [-0.1, -0.05) is 13.3 Å². The van der Waals surface area contributed by atoms with Crippen LogP contribution in [0, 0.1) is 5.41 Å². The van der Waals surface area contributed by atoms with Crippen LogP contribution >= 0.6 is 0 Å². The molecule has 0 unspecified atom stereocenters. The van der Waals surface area contributed by atoms with Crippen molar-refractivity contribution >= 4 is 11.8 Å². The van der Waals surface area contributed by atoms with Crippen molar-refractivity contribution in [3.05, 3.63) is 0 Å². The van der Waals surface area contributed by atoms with Crippen molar-refractivity contribution in [3.8, 4) is 0 Å². The number of nitrogens with zero attached hydrogens (tertiary/aromatic N) is 2. The number of carbonyl (C=O) groups excluding carboxylic acids is 2. The van der Waals surface area contributed by atoms with Gasteiger partial charge in [0.15, 0.2) is 5.79 Å². The second-order valence-electron chi connectivity index (χ2n) is 7.06. The highest BCUT2D eigenvalue weighted by atomic mass is 16.7. The fourth-order valence-electron chi connectivity index (χ4n) is 3.65. The summed E-state index contributed by atoms with van der Waals surface area (Å²) in [5.41, 5.74) is -0.773. The molecule has 0 bridgehead atoms. The number of piperidine rings is 1. The van der Waals surface area contributed by atoms with Crippen LogP contribution in [0.3, 0.4) is 0 Å². The van der Waals surface area contributed by atoms with Gasteiger partial charge in [-0.05, 0) is 19.3 Å². The number of ether oxygens (including phenoxy) is 2. The average Bonchev–Trinajstić information content (AvgIpc) is 3.27. The van der Waals surface area contributed by atoms with Gasteiger partial charge in [-0.15, -0.1) is 0 Å². The highest BCUT2D eigenvalue weighted by Crippen LogP contribution is 2.49. The second-order valence-corrected chi connectivity index (χ2v) is 7.06. The molecule has 2 saturated heterocycles. The lowest BCUT2D eigenvalue weighted by molar-refractivity contribution is -0.189. The topological polar surface area (TPSA) is 59.1 Å². The number of rotatable bonds is 5. The van der Waals surface area contributed by atoms with E-state index in [0.29, 0.717) is 52.0 Å². The first kappa shape index (κ1) is 16.7. The molecule has 3 rings (SSSR count). The maximum Gasteiger partial charge on any atom is 0.238 e. The Kier molecular flexibility index (Phi) is 4.65. The third-order valence-electron chi connectivity index (χ3n) is 5.39. The van der Waals surface area contributed by atoms with Gasteiger partial charge < -0.3 is 19.3 Å². The molecule has 0 aromatic carbocycles. The minimum atomic E-state index is -0.773. The summed E-state index contributed by atoms with van der Waals surface area (Å²) in [6.07, 6.45) is 4.81. The first-order valence-electron chi connectivity index (χ1n) is 8.86. The standard InChI is InChI=1S/C17H28N2O4/c1-3-4-9-18(2)14(20)16(5-6-16)15(21)19-10-7-17(8-11-19)22-12-13-23-17/h3-13H2,1-2H3.